The fraction of sp³-hybridized carbons (Fsp3) is 0.522. The molecule has 2 aliphatic rings. The van der Waals surface area contributed by atoms with E-state index in [1.165, 1.54) is 12.1 Å². The molecule has 2 fully saturated rings. The van der Waals surface area contributed by atoms with E-state index < -0.39 is 0 Å². The van der Waals surface area contributed by atoms with Crippen LogP contribution in [0.4, 0.5) is 10.1 Å². The molecular formula is C23H29FN4O2. The van der Waals surface area contributed by atoms with E-state index >= 15 is 0 Å². The molecule has 2 saturated heterocycles. The topological polar surface area (TPSA) is 58.4 Å². The highest BCUT2D eigenvalue weighted by Crippen LogP contribution is 2.28. The average Bonchev–Trinajstić information content (AvgIpc) is 3.35. The predicted molar refractivity (Wildman–Crippen MR) is 112 cm³/mol. The summed E-state index contributed by atoms with van der Waals surface area (Å²) in [7, 11) is 0. The maximum absolute atomic E-state index is 13.2. The first kappa shape index (κ1) is 20.6. The van der Waals surface area contributed by atoms with E-state index in [4.69, 9.17) is 0 Å². The molecule has 0 saturated carbocycles. The van der Waals surface area contributed by atoms with Crippen LogP contribution in [0.2, 0.25) is 0 Å². The first-order valence-corrected chi connectivity index (χ1v) is 10.8. The van der Waals surface area contributed by atoms with Gasteiger partial charge in [-0.05, 0) is 43.0 Å². The quantitative estimate of drug-likeness (QED) is 0.756. The standard InChI is InChI=1S/C23H29FN4O2/c1-16(2)22-25-9-12-27(22)14-17-7-10-26(11-8-17)23(30)18-13-21(29)28(15-18)20-5-3-19(24)4-6-20/h3-6,9,12,16-18H,7-8,10-11,13-15H2,1-2H3. The number of piperidine rings is 1. The Kier molecular flexibility index (Phi) is 5.88. The third-order valence-corrected chi connectivity index (χ3v) is 6.26. The maximum Gasteiger partial charge on any atom is 0.228 e. The predicted octanol–water partition coefficient (Wildman–Crippen LogP) is 3.44. The van der Waals surface area contributed by atoms with E-state index in [2.05, 4.69) is 23.4 Å². The fourth-order valence-electron chi connectivity index (χ4n) is 4.59. The molecule has 2 aliphatic heterocycles. The molecule has 0 spiro atoms. The molecule has 1 atom stereocenters. The number of anilines is 1. The lowest BCUT2D eigenvalue weighted by Crippen LogP contribution is -2.43. The van der Waals surface area contributed by atoms with Gasteiger partial charge in [0.05, 0.1) is 5.92 Å². The normalized spacial score (nSPS) is 20.4. The van der Waals surface area contributed by atoms with Crippen molar-refractivity contribution < 1.29 is 14.0 Å². The van der Waals surface area contributed by atoms with Crippen LogP contribution in [0.1, 0.15) is 44.9 Å². The number of rotatable bonds is 5. The summed E-state index contributed by atoms with van der Waals surface area (Å²) in [5.41, 5.74) is 0.650. The SMILES string of the molecule is CC(C)c1nccn1CC1CCN(C(=O)C2CC(=O)N(c3ccc(F)cc3)C2)CC1. The second-order valence-electron chi connectivity index (χ2n) is 8.74. The van der Waals surface area contributed by atoms with Crippen LogP contribution in [0.3, 0.4) is 0 Å². The molecule has 0 N–H and O–H groups in total. The van der Waals surface area contributed by atoms with Crippen molar-refractivity contribution in [3.63, 3.8) is 0 Å². The molecule has 2 amide bonds. The van der Waals surface area contributed by atoms with Crippen LogP contribution in [-0.2, 0) is 16.1 Å². The van der Waals surface area contributed by atoms with E-state index in [9.17, 15) is 14.0 Å². The molecule has 7 heteroatoms. The highest BCUT2D eigenvalue weighted by atomic mass is 19.1. The minimum absolute atomic E-state index is 0.0666. The summed E-state index contributed by atoms with van der Waals surface area (Å²) < 4.78 is 15.4. The van der Waals surface area contributed by atoms with Gasteiger partial charge in [-0.15, -0.1) is 0 Å². The van der Waals surface area contributed by atoms with Crippen molar-refractivity contribution in [3.05, 3.63) is 48.3 Å². The van der Waals surface area contributed by atoms with Gasteiger partial charge in [0, 0.05) is 56.6 Å². The van der Waals surface area contributed by atoms with Crippen LogP contribution < -0.4 is 4.90 Å². The molecule has 30 heavy (non-hydrogen) atoms. The zero-order chi connectivity index (χ0) is 21.3. The van der Waals surface area contributed by atoms with E-state index in [0.717, 1.165) is 38.3 Å². The summed E-state index contributed by atoms with van der Waals surface area (Å²) in [6.45, 7) is 7.08. The van der Waals surface area contributed by atoms with E-state index in [0.29, 0.717) is 24.1 Å². The Morgan fingerprint density at radius 2 is 1.90 bits per heavy atom. The van der Waals surface area contributed by atoms with Gasteiger partial charge < -0.3 is 14.4 Å². The Labute approximate surface area is 176 Å². The zero-order valence-electron chi connectivity index (χ0n) is 17.6. The van der Waals surface area contributed by atoms with Gasteiger partial charge >= 0.3 is 0 Å². The molecule has 0 aliphatic carbocycles. The molecule has 6 nitrogen and oxygen atoms in total. The number of imidazole rings is 1. The number of halogens is 1. The maximum atomic E-state index is 13.2. The Balaban J connectivity index is 1.31. The van der Waals surface area contributed by atoms with Crippen LogP contribution >= 0.6 is 0 Å². The molecule has 4 rings (SSSR count). The van der Waals surface area contributed by atoms with Gasteiger partial charge in [0.15, 0.2) is 0 Å². The summed E-state index contributed by atoms with van der Waals surface area (Å²) in [5, 5.41) is 0. The number of benzene rings is 1. The molecule has 0 radical (unpaired) electrons. The molecule has 160 valence electrons. The zero-order valence-corrected chi connectivity index (χ0v) is 17.6. The second kappa shape index (κ2) is 8.58. The first-order chi connectivity index (χ1) is 14.4. The minimum atomic E-state index is -0.336. The monoisotopic (exact) mass is 412 g/mol. The van der Waals surface area contributed by atoms with Crippen molar-refractivity contribution in [3.8, 4) is 0 Å². The third kappa shape index (κ3) is 4.25. The lowest BCUT2D eigenvalue weighted by molar-refractivity contribution is -0.137. The van der Waals surface area contributed by atoms with Gasteiger partial charge in [-0.1, -0.05) is 13.8 Å². The van der Waals surface area contributed by atoms with Crippen molar-refractivity contribution in [2.45, 2.75) is 45.6 Å². The average molecular weight is 413 g/mol. The Hall–Kier alpha value is -2.70. The molecule has 2 aromatic rings. The van der Waals surface area contributed by atoms with Gasteiger partial charge in [0.2, 0.25) is 11.8 Å². The summed E-state index contributed by atoms with van der Waals surface area (Å²) >= 11 is 0. The van der Waals surface area contributed by atoms with E-state index in [1.807, 2.05) is 17.3 Å². The molecule has 0 bridgehead atoms. The molecule has 3 heterocycles. The highest BCUT2D eigenvalue weighted by molar-refractivity contribution is 6.00. The first-order valence-electron chi connectivity index (χ1n) is 10.8. The molecule has 1 unspecified atom stereocenters. The molecular weight excluding hydrogens is 383 g/mol. The third-order valence-electron chi connectivity index (χ3n) is 6.26. The number of likely N-dealkylation sites (tertiary alicyclic amines) is 1. The Morgan fingerprint density at radius 3 is 2.57 bits per heavy atom. The fourth-order valence-corrected chi connectivity index (χ4v) is 4.59. The second-order valence-corrected chi connectivity index (χ2v) is 8.74. The lowest BCUT2D eigenvalue weighted by atomic mass is 9.95. The van der Waals surface area contributed by atoms with Gasteiger partial charge in [-0.25, -0.2) is 9.37 Å². The summed E-state index contributed by atoms with van der Waals surface area (Å²) in [6.07, 6.45) is 6.05. The van der Waals surface area contributed by atoms with Gasteiger partial charge in [-0.2, -0.15) is 0 Å². The lowest BCUT2D eigenvalue weighted by Gasteiger charge is -2.34. The Morgan fingerprint density at radius 1 is 1.20 bits per heavy atom. The number of amides is 2. The minimum Gasteiger partial charge on any atom is -0.342 e. The number of hydrogen-bond acceptors (Lipinski definition) is 3. The number of carbonyl (C=O) groups excluding carboxylic acids is 2. The highest BCUT2D eigenvalue weighted by Gasteiger charge is 2.38. The van der Waals surface area contributed by atoms with Gasteiger partial charge in [0.25, 0.3) is 0 Å². The number of hydrogen-bond donors (Lipinski definition) is 0. The van der Waals surface area contributed by atoms with Crippen molar-refractivity contribution in [1.82, 2.24) is 14.5 Å². The van der Waals surface area contributed by atoms with E-state index in [-0.39, 0.29) is 30.0 Å². The van der Waals surface area contributed by atoms with Crippen molar-refractivity contribution in [2.75, 3.05) is 24.5 Å². The summed E-state index contributed by atoms with van der Waals surface area (Å²) in [4.78, 5) is 33.4. The van der Waals surface area contributed by atoms with Crippen LogP contribution in [-0.4, -0.2) is 45.9 Å². The number of carbonyl (C=O) groups is 2. The summed E-state index contributed by atoms with van der Waals surface area (Å²) in [5.74, 6) is 1.37. The number of aromatic nitrogens is 2. The van der Waals surface area contributed by atoms with Crippen LogP contribution in [0.25, 0.3) is 0 Å². The van der Waals surface area contributed by atoms with Crippen LogP contribution in [0, 0.1) is 17.7 Å². The molecule has 1 aromatic heterocycles. The number of nitrogens with zero attached hydrogens (tertiary/aromatic N) is 4. The van der Waals surface area contributed by atoms with E-state index in [1.54, 1.807) is 17.0 Å². The largest absolute Gasteiger partial charge is 0.342 e. The molecule has 1 aromatic carbocycles. The van der Waals surface area contributed by atoms with Crippen LogP contribution in [0.15, 0.2) is 36.7 Å². The summed E-state index contributed by atoms with van der Waals surface area (Å²) in [6, 6.07) is 5.86. The van der Waals surface area contributed by atoms with Crippen molar-refractivity contribution in [2.24, 2.45) is 11.8 Å². The smallest absolute Gasteiger partial charge is 0.228 e. The van der Waals surface area contributed by atoms with Gasteiger partial charge in [-0.3, -0.25) is 9.59 Å². The van der Waals surface area contributed by atoms with Crippen molar-refractivity contribution in [1.29, 1.82) is 0 Å². The Bertz CT molecular complexity index is 900. The van der Waals surface area contributed by atoms with Crippen LogP contribution in [0.5, 0.6) is 0 Å². The van der Waals surface area contributed by atoms with Crippen molar-refractivity contribution >= 4 is 17.5 Å². The van der Waals surface area contributed by atoms with Gasteiger partial charge in [0.1, 0.15) is 11.6 Å².